The fourth-order valence-corrected chi connectivity index (χ4v) is 1.63. The number of hydrogen-bond acceptors (Lipinski definition) is 4. The van der Waals surface area contributed by atoms with E-state index in [1.165, 1.54) is 7.11 Å². The highest BCUT2D eigenvalue weighted by Gasteiger charge is 2.12. The van der Waals surface area contributed by atoms with Crippen LogP contribution in [0.3, 0.4) is 0 Å². The molecule has 0 amide bonds. The van der Waals surface area contributed by atoms with Gasteiger partial charge in [-0.15, -0.1) is 0 Å². The van der Waals surface area contributed by atoms with Crippen LogP contribution in [-0.4, -0.2) is 20.2 Å². The number of benzene rings is 2. The van der Waals surface area contributed by atoms with Gasteiger partial charge in [-0.1, -0.05) is 18.2 Å². The molecule has 4 heteroatoms. The van der Waals surface area contributed by atoms with Gasteiger partial charge >= 0.3 is 5.97 Å². The van der Waals surface area contributed by atoms with Crippen LogP contribution in [0.1, 0.15) is 10.4 Å². The molecular weight excluding hydrogens is 244 g/mol. The van der Waals surface area contributed by atoms with Gasteiger partial charge in [0.1, 0.15) is 22.8 Å². The zero-order chi connectivity index (χ0) is 13.7. The quantitative estimate of drug-likeness (QED) is 0.789. The lowest BCUT2D eigenvalue weighted by atomic mass is 10.2. The van der Waals surface area contributed by atoms with Crippen molar-refractivity contribution in [2.45, 2.75) is 0 Å². The molecule has 0 bridgehead atoms. The second-order valence-corrected chi connectivity index (χ2v) is 3.77. The molecule has 0 heterocycles. The molecule has 0 radical (unpaired) electrons. The van der Waals surface area contributed by atoms with Crippen LogP contribution in [0.15, 0.2) is 48.5 Å². The monoisotopic (exact) mass is 258 g/mol. The summed E-state index contributed by atoms with van der Waals surface area (Å²) in [7, 11) is 2.92. The van der Waals surface area contributed by atoms with Crippen LogP contribution < -0.4 is 9.47 Å². The smallest absolute Gasteiger partial charge is 0.341 e. The first kappa shape index (κ1) is 13.0. The molecule has 0 fully saturated rings. The second-order valence-electron chi connectivity index (χ2n) is 3.77. The molecule has 2 aromatic rings. The molecule has 0 aliphatic carbocycles. The van der Waals surface area contributed by atoms with E-state index in [2.05, 4.69) is 0 Å². The summed E-state index contributed by atoms with van der Waals surface area (Å²) < 4.78 is 15.5. The highest BCUT2D eigenvalue weighted by atomic mass is 16.5. The first-order chi connectivity index (χ1) is 9.24. The van der Waals surface area contributed by atoms with E-state index in [4.69, 9.17) is 14.2 Å². The summed E-state index contributed by atoms with van der Waals surface area (Å²) >= 11 is 0. The minimum atomic E-state index is -0.432. The molecule has 0 aliphatic heterocycles. The van der Waals surface area contributed by atoms with E-state index < -0.39 is 5.97 Å². The predicted octanol–water partition coefficient (Wildman–Crippen LogP) is 3.27. The molecule has 98 valence electrons. The number of esters is 1. The third-order valence-corrected chi connectivity index (χ3v) is 2.56. The van der Waals surface area contributed by atoms with Gasteiger partial charge in [-0.25, -0.2) is 4.79 Å². The summed E-state index contributed by atoms with van der Waals surface area (Å²) in [4.78, 5) is 11.6. The predicted molar refractivity (Wildman–Crippen MR) is 70.8 cm³/mol. The standard InChI is InChI=1S/C15H14O4/c1-17-11-6-5-7-12(10-11)19-14-9-4-3-8-13(14)15(16)18-2/h3-10H,1-2H3. The van der Waals surface area contributed by atoms with Crippen LogP contribution in [0.25, 0.3) is 0 Å². The number of para-hydroxylation sites is 1. The number of hydrogen-bond donors (Lipinski definition) is 0. The first-order valence-electron chi connectivity index (χ1n) is 5.74. The molecule has 0 aliphatic rings. The minimum absolute atomic E-state index is 0.382. The van der Waals surface area contributed by atoms with Crippen LogP contribution in [0.2, 0.25) is 0 Å². The van der Waals surface area contributed by atoms with Crippen molar-refractivity contribution in [2.75, 3.05) is 14.2 Å². The fraction of sp³-hybridized carbons (Fsp3) is 0.133. The van der Waals surface area contributed by atoms with Crippen LogP contribution in [0.4, 0.5) is 0 Å². The molecule has 0 saturated carbocycles. The van der Waals surface area contributed by atoms with E-state index >= 15 is 0 Å². The first-order valence-corrected chi connectivity index (χ1v) is 5.74. The summed E-state index contributed by atoms with van der Waals surface area (Å²) in [5.74, 6) is 1.30. The zero-order valence-corrected chi connectivity index (χ0v) is 10.8. The molecular formula is C15H14O4. The molecule has 4 nitrogen and oxygen atoms in total. The van der Waals surface area contributed by atoms with Crippen LogP contribution >= 0.6 is 0 Å². The lowest BCUT2D eigenvalue weighted by molar-refractivity contribution is 0.0598. The maximum atomic E-state index is 11.6. The van der Waals surface area contributed by atoms with E-state index in [1.54, 1.807) is 43.5 Å². The number of methoxy groups -OCH3 is 2. The van der Waals surface area contributed by atoms with Crippen molar-refractivity contribution in [2.24, 2.45) is 0 Å². The molecule has 0 N–H and O–H groups in total. The summed E-state index contributed by atoms with van der Waals surface area (Å²) in [6, 6.07) is 14.1. The van der Waals surface area contributed by atoms with E-state index in [1.807, 2.05) is 12.1 Å². The summed E-state index contributed by atoms with van der Waals surface area (Å²) in [6.07, 6.45) is 0. The molecule has 0 unspecified atom stereocenters. The van der Waals surface area contributed by atoms with E-state index in [-0.39, 0.29) is 0 Å². The van der Waals surface area contributed by atoms with Crippen molar-refractivity contribution >= 4 is 5.97 Å². The summed E-state index contributed by atoms with van der Waals surface area (Å²) in [5.41, 5.74) is 0.382. The van der Waals surface area contributed by atoms with Gasteiger partial charge in [-0.3, -0.25) is 0 Å². The normalized spacial score (nSPS) is 9.79. The van der Waals surface area contributed by atoms with Gasteiger partial charge in [0.05, 0.1) is 14.2 Å². The van der Waals surface area contributed by atoms with Crippen LogP contribution in [0, 0.1) is 0 Å². The van der Waals surface area contributed by atoms with Gasteiger partial charge in [0.2, 0.25) is 0 Å². The molecule has 19 heavy (non-hydrogen) atoms. The molecule has 0 atom stereocenters. The summed E-state index contributed by atoms with van der Waals surface area (Å²) in [5, 5.41) is 0. The van der Waals surface area contributed by atoms with E-state index in [0.29, 0.717) is 22.8 Å². The molecule has 2 rings (SSSR count). The Morgan fingerprint density at radius 3 is 2.42 bits per heavy atom. The Morgan fingerprint density at radius 1 is 0.947 bits per heavy atom. The molecule has 2 aromatic carbocycles. The average molecular weight is 258 g/mol. The maximum absolute atomic E-state index is 11.6. The van der Waals surface area contributed by atoms with Gasteiger partial charge in [-0.05, 0) is 24.3 Å². The number of rotatable bonds is 4. The van der Waals surface area contributed by atoms with Gasteiger partial charge in [-0.2, -0.15) is 0 Å². The Labute approximate surface area is 111 Å². The number of ether oxygens (including phenoxy) is 3. The Bertz CT molecular complexity index is 578. The third kappa shape index (κ3) is 3.04. The van der Waals surface area contributed by atoms with Gasteiger partial charge in [0, 0.05) is 6.07 Å². The highest BCUT2D eigenvalue weighted by molar-refractivity contribution is 5.92. The van der Waals surface area contributed by atoms with Crippen LogP contribution in [0.5, 0.6) is 17.2 Å². The van der Waals surface area contributed by atoms with Gasteiger partial charge in [0.15, 0.2) is 0 Å². The van der Waals surface area contributed by atoms with Crippen molar-refractivity contribution in [1.29, 1.82) is 0 Å². The Hall–Kier alpha value is -2.49. The molecule has 0 saturated heterocycles. The lowest BCUT2D eigenvalue weighted by Crippen LogP contribution is -2.03. The van der Waals surface area contributed by atoms with E-state index in [9.17, 15) is 4.79 Å². The number of carbonyl (C=O) groups is 1. The van der Waals surface area contributed by atoms with Crippen molar-refractivity contribution in [3.05, 3.63) is 54.1 Å². The molecule has 0 aromatic heterocycles. The Morgan fingerprint density at radius 2 is 1.68 bits per heavy atom. The Balaban J connectivity index is 2.30. The van der Waals surface area contributed by atoms with Gasteiger partial charge in [0.25, 0.3) is 0 Å². The topological polar surface area (TPSA) is 44.8 Å². The lowest BCUT2D eigenvalue weighted by Gasteiger charge is -2.10. The fourth-order valence-electron chi connectivity index (χ4n) is 1.63. The Kier molecular flexibility index (Phi) is 4.03. The zero-order valence-electron chi connectivity index (χ0n) is 10.8. The maximum Gasteiger partial charge on any atom is 0.341 e. The second kappa shape index (κ2) is 5.91. The van der Waals surface area contributed by atoms with Crippen molar-refractivity contribution in [1.82, 2.24) is 0 Å². The molecule has 0 spiro atoms. The largest absolute Gasteiger partial charge is 0.497 e. The van der Waals surface area contributed by atoms with Crippen LogP contribution in [-0.2, 0) is 4.74 Å². The van der Waals surface area contributed by atoms with Crippen molar-refractivity contribution < 1.29 is 19.0 Å². The highest BCUT2D eigenvalue weighted by Crippen LogP contribution is 2.28. The van der Waals surface area contributed by atoms with Gasteiger partial charge < -0.3 is 14.2 Å². The minimum Gasteiger partial charge on any atom is -0.497 e. The SMILES string of the molecule is COC(=O)c1ccccc1Oc1cccc(OC)c1. The summed E-state index contributed by atoms with van der Waals surface area (Å²) in [6.45, 7) is 0. The number of carbonyl (C=O) groups excluding carboxylic acids is 1. The average Bonchev–Trinajstić information content (AvgIpc) is 2.47. The third-order valence-electron chi connectivity index (χ3n) is 2.56. The van der Waals surface area contributed by atoms with Crippen molar-refractivity contribution in [3.8, 4) is 17.2 Å². The van der Waals surface area contributed by atoms with E-state index in [0.717, 1.165) is 0 Å². The van der Waals surface area contributed by atoms with Crippen molar-refractivity contribution in [3.63, 3.8) is 0 Å².